The lowest BCUT2D eigenvalue weighted by atomic mass is 9.77. The highest BCUT2D eigenvalue weighted by molar-refractivity contribution is 5.33. The van der Waals surface area contributed by atoms with Crippen molar-refractivity contribution in [3.8, 4) is 6.07 Å². The molecule has 1 fully saturated rings. The summed E-state index contributed by atoms with van der Waals surface area (Å²) in [5, 5.41) is 8.86. The van der Waals surface area contributed by atoms with Crippen LogP contribution in [0.15, 0.2) is 36.9 Å². The van der Waals surface area contributed by atoms with Crippen LogP contribution in [0.5, 0.6) is 0 Å². The highest BCUT2D eigenvalue weighted by Crippen LogP contribution is 2.37. The minimum absolute atomic E-state index is 0.676. The molecule has 1 aliphatic carbocycles. The van der Waals surface area contributed by atoms with E-state index in [0.29, 0.717) is 12.5 Å². The normalized spacial score (nSPS) is 21.2. The maximum absolute atomic E-state index is 8.86. The zero-order valence-corrected chi connectivity index (χ0v) is 13.5. The molecule has 0 spiro atoms. The Hall–Kier alpha value is -1.59. The zero-order valence-electron chi connectivity index (χ0n) is 13.5. The molecule has 0 aromatic heterocycles. The molecule has 0 bridgehead atoms. The summed E-state index contributed by atoms with van der Waals surface area (Å²) in [7, 11) is 0. The van der Waals surface area contributed by atoms with E-state index in [0.717, 1.165) is 18.1 Å². The van der Waals surface area contributed by atoms with Crippen molar-refractivity contribution in [1.29, 1.82) is 5.26 Å². The minimum atomic E-state index is 0.676. The number of benzene rings is 1. The average Bonchev–Trinajstić information content (AvgIpc) is 2.59. The van der Waals surface area contributed by atoms with Gasteiger partial charge in [0.05, 0.1) is 18.2 Å². The van der Waals surface area contributed by atoms with Crippen LogP contribution in [0.4, 0.5) is 0 Å². The maximum atomic E-state index is 8.86. The molecule has 22 heavy (non-hydrogen) atoms. The number of nitriles is 1. The first-order valence-corrected chi connectivity index (χ1v) is 8.52. The number of rotatable bonds is 8. The maximum Gasteiger partial charge on any atom is 0.0991 e. The van der Waals surface area contributed by atoms with Crippen molar-refractivity contribution in [2.24, 2.45) is 5.92 Å². The van der Waals surface area contributed by atoms with Crippen LogP contribution >= 0.6 is 0 Å². The molecule has 1 saturated carbocycles. The van der Waals surface area contributed by atoms with Gasteiger partial charge < -0.3 is 4.74 Å². The van der Waals surface area contributed by atoms with Gasteiger partial charge in [-0.2, -0.15) is 5.26 Å². The highest BCUT2D eigenvalue weighted by Gasteiger charge is 2.21. The van der Waals surface area contributed by atoms with Crippen LogP contribution in [0.1, 0.15) is 62.0 Å². The van der Waals surface area contributed by atoms with Gasteiger partial charge in [0, 0.05) is 6.61 Å². The summed E-state index contributed by atoms with van der Waals surface area (Å²) < 4.78 is 5.43. The number of hydrogen-bond acceptors (Lipinski definition) is 2. The summed E-state index contributed by atoms with van der Waals surface area (Å²) in [5.74, 6) is 1.59. The second-order valence-corrected chi connectivity index (χ2v) is 6.31. The van der Waals surface area contributed by atoms with Crippen molar-refractivity contribution in [3.05, 3.63) is 48.0 Å². The third kappa shape index (κ3) is 5.31. The van der Waals surface area contributed by atoms with E-state index in [2.05, 4.69) is 24.8 Å². The molecule has 0 amide bonds. The van der Waals surface area contributed by atoms with E-state index in [1.165, 1.54) is 50.5 Å². The minimum Gasteiger partial charge on any atom is -0.377 e. The first-order valence-electron chi connectivity index (χ1n) is 8.52. The van der Waals surface area contributed by atoms with Gasteiger partial charge >= 0.3 is 0 Å². The molecule has 0 unspecified atom stereocenters. The lowest BCUT2D eigenvalue weighted by molar-refractivity contribution is 0.154. The highest BCUT2D eigenvalue weighted by atomic mass is 16.5. The fourth-order valence-corrected chi connectivity index (χ4v) is 3.42. The van der Waals surface area contributed by atoms with Crippen LogP contribution < -0.4 is 0 Å². The molecule has 118 valence electrons. The molecule has 2 nitrogen and oxygen atoms in total. The van der Waals surface area contributed by atoms with Crippen molar-refractivity contribution in [1.82, 2.24) is 0 Å². The van der Waals surface area contributed by atoms with Gasteiger partial charge in [-0.3, -0.25) is 0 Å². The van der Waals surface area contributed by atoms with E-state index in [4.69, 9.17) is 10.00 Å². The molecule has 0 saturated heterocycles. The summed E-state index contributed by atoms with van der Waals surface area (Å²) in [6, 6.07) is 10.4. The van der Waals surface area contributed by atoms with E-state index in [1.54, 1.807) is 0 Å². The molecule has 0 aliphatic heterocycles. The lowest BCUT2D eigenvalue weighted by Gasteiger charge is -2.29. The van der Waals surface area contributed by atoms with Gasteiger partial charge in [0.1, 0.15) is 0 Å². The van der Waals surface area contributed by atoms with Crippen LogP contribution in [0.3, 0.4) is 0 Å². The van der Waals surface area contributed by atoms with Gasteiger partial charge in [0.15, 0.2) is 0 Å². The second kappa shape index (κ2) is 9.43. The number of nitrogens with zero attached hydrogens (tertiary/aromatic N) is 1. The molecular formula is C20H27NO. The van der Waals surface area contributed by atoms with Crippen molar-refractivity contribution in [2.45, 2.75) is 50.9 Å². The molecule has 0 heterocycles. The second-order valence-electron chi connectivity index (χ2n) is 6.31. The molecule has 0 N–H and O–H groups in total. The standard InChI is InChI=1S/C20H27NO/c1-2-14-22-15-4-3-5-17-6-10-19(11-7-17)20-12-8-18(16-21)9-13-20/h2,8-9,12-13,17,19H,1,3-7,10-11,14-15H2/t17-,19-. The lowest BCUT2D eigenvalue weighted by Crippen LogP contribution is -2.13. The molecule has 1 aromatic carbocycles. The van der Waals surface area contributed by atoms with Gasteiger partial charge in [0.2, 0.25) is 0 Å². The van der Waals surface area contributed by atoms with Crippen LogP contribution in [0.2, 0.25) is 0 Å². The fraction of sp³-hybridized carbons (Fsp3) is 0.550. The predicted octanol–water partition coefficient (Wildman–Crippen LogP) is 5.20. The van der Waals surface area contributed by atoms with Crippen LogP contribution in [-0.4, -0.2) is 13.2 Å². The summed E-state index contributed by atoms with van der Waals surface area (Å²) in [5.41, 5.74) is 2.17. The number of unbranched alkanes of at least 4 members (excludes halogenated alkanes) is 1. The molecular weight excluding hydrogens is 270 g/mol. The molecule has 0 radical (unpaired) electrons. The Bertz CT molecular complexity index is 477. The van der Waals surface area contributed by atoms with Crippen LogP contribution in [0, 0.1) is 17.2 Å². The Morgan fingerprint density at radius 2 is 1.86 bits per heavy atom. The molecule has 1 aromatic rings. The van der Waals surface area contributed by atoms with E-state index in [9.17, 15) is 0 Å². The zero-order chi connectivity index (χ0) is 15.6. The average molecular weight is 297 g/mol. The van der Waals surface area contributed by atoms with Gasteiger partial charge in [-0.05, 0) is 61.6 Å². The topological polar surface area (TPSA) is 33.0 Å². The first-order chi connectivity index (χ1) is 10.8. The summed E-state index contributed by atoms with van der Waals surface area (Å²) in [4.78, 5) is 0. The largest absolute Gasteiger partial charge is 0.377 e. The van der Waals surface area contributed by atoms with E-state index in [-0.39, 0.29) is 0 Å². The predicted molar refractivity (Wildman–Crippen MR) is 90.7 cm³/mol. The van der Waals surface area contributed by atoms with E-state index >= 15 is 0 Å². The molecule has 2 rings (SSSR count). The number of hydrogen-bond donors (Lipinski definition) is 0. The van der Waals surface area contributed by atoms with Crippen LogP contribution in [-0.2, 0) is 4.74 Å². The molecule has 1 aliphatic rings. The van der Waals surface area contributed by atoms with Crippen molar-refractivity contribution >= 4 is 0 Å². The SMILES string of the molecule is C=CCOCCCC[C@H]1CC[C@H](c2ccc(C#N)cc2)CC1. The Kier molecular flexibility index (Phi) is 7.19. The number of ether oxygens (including phenoxy) is 1. The van der Waals surface area contributed by atoms with Crippen molar-refractivity contribution in [3.63, 3.8) is 0 Å². The smallest absolute Gasteiger partial charge is 0.0991 e. The fourth-order valence-electron chi connectivity index (χ4n) is 3.42. The van der Waals surface area contributed by atoms with E-state index in [1.807, 2.05) is 18.2 Å². The summed E-state index contributed by atoms with van der Waals surface area (Å²) in [6.45, 7) is 5.20. The third-order valence-electron chi connectivity index (χ3n) is 4.74. The Morgan fingerprint density at radius 1 is 1.14 bits per heavy atom. The molecule has 2 heteroatoms. The van der Waals surface area contributed by atoms with Gasteiger partial charge in [-0.1, -0.05) is 31.1 Å². The summed E-state index contributed by atoms with van der Waals surface area (Å²) >= 11 is 0. The van der Waals surface area contributed by atoms with Crippen molar-refractivity contribution in [2.75, 3.05) is 13.2 Å². The van der Waals surface area contributed by atoms with Crippen molar-refractivity contribution < 1.29 is 4.74 Å². The monoisotopic (exact) mass is 297 g/mol. The Labute approximate surface area is 134 Å². The van der Waals surface area contributed by atoms with Crippen LogP contribution in [0.25, 0.3) is 0 Å². The summed E-state index contributed by atoms with van der Waals surface area (Å²) in [6.07, 6.45) is 10.9. The quantitative estimate of drug-likeness (QED) is 0.488. The van der Waals surface area contributed by atoms with Gasteiger partial charge in [-0.25, -0.2) is 0 Å². The Balaban J connectivity index is 1.65. The Morgan fingerprint density at radius 3 is 2.50 bits per heavy atom. The third-order valence-corrected chi connectivity index (χ3v) is 4.74. The van der Waals surface area contributed by atoms with Gasteiger partial charge in [-0.15, -0.1) is 6.58 Å². The molecule has 0 atom stereocenters. The van der Waals surface area contributed by atoms with E-state index < -0.39 is 0 Å². The first kappa shape index (κ1) is 16.8. The van der Waals surface area contributed by atoms with Gasteiger partial charge in [0.25, 0.3) is 0 Å².